The standard InChI is InChI=1S/C28H30FN9O2/c1-5-22(39)35-11-12-37(17(4)14-35)26-19-13-20(29)24-21-15-36(34-33-21)10-6-7-18-8-9-30-23(16(2)3)25(18)38(27(19)31-24)28(40)32-26/h5,8-9,13,15-17H,1,6-7,10-12,14H2,2-4H3/t17-/m0/s1. The maximum absolute atomic E-state index is 15.8. The van der Waals surface area contributed by atoms with Gasteiger partial charge in [0.05, 0.1) is 23.0 Å². The van der Waals surface area contributed by atoms with Crippen LogP contribution in [0.25, 0.3) is 28.1 Å². The largest absolute Gasteiger partial charge is 0.355 e. The fraction of sp³-hybridized carbons (Fsp3) is 0.393. The van der Waals surface area contributed by atoms with Crippen LogP contribution in [-0.4, -0.2) is 71.0 Å². The minimum atomic E-state index is -0.589. The lowest BCUT2D eigenvalue weighted by Gasteiger charge is -2.40. The van der Waals surface area contributed by atoms with Gasteiger partial charge in [0.1, 0.15) is 17.2 Å². The lowest BCUT2D eigenvalue weighted by Crippen LogP contribution is -2.54. The zero-order valence-corrected chi connectivity index (χ0v) is 22.7. The normalized spacial score (nSPS) is 17.1. The predicted octanol–water partition coefficient (Wildman–Crippen LogP) is 2.87. The number of halogens is 1. The molecule has 4 bridgehead atoms. The lowest BCUT2D eigenvalue weighted by atomic mass is 10.0. The summed E-state index contributed by atoms with van der Waals surface area (Å²) in [6, 6.07) is 3.10. The molecule has 1 fully saturated rings. The van der Waals surface area contributed by atoms with Gasteiger partial charge in [0.15, 0.2) is 11.5 Å². The molecule has 4 aromatic heterocycles. The highest BCUT2D eigenvalue weighted by atomic mass is 19.1. The molecule has 0 radical (unpaired) electrons. The molecule has 0 unspecified atom stereocenters. The van der Waals surface area contributed by atoms with Crippen molar-refractivity contribution >= 4 is 22.8 Å². The van der Waals surface area contributed by atoms with Gasteiger partial charge in [-0.1, -0.05) is 25.6 Å². The first-order valence-electron chi connectivity index (χ1n) is 13.5. The summed E-state index contributed by atoms with van der Waals surface area (Å²) in [6.45, 7) is 11.4. The van der Waals surface area contributed by atoms with E-state index in [9.17, 15) is 9.59 Å². The molecule has 0 saturated carbocycles. The first-order valence-corrected chi connectivity index (χ1v) is 13.5. The van der Waals surface area contributed by atoms with Crippen LogP contribution in [0, 0.1) is 5.82 Å². The van der Waals surface area contributed by atoms with Crippen molar-refractivity contribution in [2.24, 2.45) is 0 Å². The number of hydrogen-bond donors (Lipinski definition) is 0. The highest BCUT2D eigenvalue weighted by Gasteiger charge is 2.31. The summed E-state index contributed by atoms with van der Waals surface area (Å²) in [7, 11) is 0. The van der Waals surface area contributed by atoms with Crippen molar-refractivity contribution < 1.29 is 9.18 Å². The van der Waals surface area contributed by atoms with E-state index in [0.717, 1.165) is 17.7 Å². The Bertz CT molecular complexity index is 1710. The molecular formula is C28H30FN9O2. The highest BCUT2D eigenvalue weighted by Crippen LogP contribution is 2.33. The molecule has 11 nitrogen and oxygen atoms in total. The Morgan fingerprint density at radius 1 is 1.23 bits per heavy atom. The average Bonchev–Trinajstić information content (AvgIpc) is 3.40. The molecule has 0 N–H and O–H groups in total. The Morgan fingerprint density at radius 2 is 2.05 bits per heavy atom. The number of carbonyl (C=O) groups excluding carboxylic acids is 1. The number of anilines is 1. The molecule has 2 aliphatic heterocycles. The van der Waals surface area contributed by atoms with Crippen molar-refractivity contribution in [3.8, 4) is 17.1 Å². The molecule has 6 heterocycles. The number of pyridine rings is 2. The monoisotopic (exact) mass is 543 g/mol. The van der Waals surface area contributed by atoms with Crippen LogP contribution in [0.2, 0.25) is 0 Å². The molecule has 12 heteroatoms. The summed E-state index contributed by atoms with van der Waals surface area (Å²) in [4.78, 5) is 43.8. The summed E-state index contributed by atoms with van der Waals surface area (Å²) in [5.41, 5.74) is 2.35. The van der Waals surface area contributed by atoms with E-state index in [1.165, 1.54) is 16.7 Å². The number of fused-ring (bicyclic) bond motifs is 6. The lowest BCUT2D eigenvalue weighted by molar-refractivity contribution is -0.126. The Kier molecular flexibility index (Phi) is 6.40. The Balaban J connectivity index is 1.64. The maximum atomic E-state index is 15.8. The van der Waals surface area contributed by atoms with Crippen LogP contribution < -0.4 is 10.6 Å². The molecule has 1 saturated heterocycles. The zero-order valence-electron chi connectivity index (χ0n) is 22.7. The molecule has 206 valence electrons. The molecule has 0 aromatic carbocycles. The summed E-state index contributed by atoms with van der Waals surface area (Å²) in [5, 5.41) is 8.73. The number of carbonyl (C=O) groups is 1. The fourth-order valence-corrected chi connectivity index (χ4v) is 5.65. The van der Waals surface area contributed by atoms with Gasteiger partial charge in [0, 0.05) is 38.4 Å². The number of rotatable bonds is 3. The van der Waals surface area contributed by atoms with Crippen LogP contribution in [0.4, 0.5) is 10.2 Å². The summed E-state index contributed by atoms with van der Waals surface area (Å²) < 4.78 is 18.9. The number of amides is 1. The minimum Gasteiger partial charge on any atom is -0.350 e. The van der Waals surface area contributed by atoms with Gasteiger partial charge in [-0.25, -0.2) is 18.7 Å². The van der Waals surface area contributed by atoms with Gasteiger partial charge < -0.3 is 9.80 Å². The van der Waals surface area contributed by atoms with Crippen LogP contribution >= 0.6 is 0 Å². The quantitative estimate of drug-likeness (QED) is 0.363. The van der Waals surface area contributed by atoms with E-state index in [4.69, 9.17) is 4.98 Å². The van der Waals surface area contributed by atoms with E-state index in [0.29, 0.717) is 49.5 Å². The first-order chi connectivity index (χ1) is 19.3. The number of nitrogens with zero attached hydrogens (tertiary/aromatic N) is 9. The summed E-state index contributed by atoms with van der Waals surface area (Å²) in [6.07, 6.45) is 6.12. The third-order valence-electron chi connectivity index (χ3n) is 7.61. The molecule has 4 aromatic rings. The van der Waals surface area contributed by atoms with E-state index in [1.54, 1.807) is 22.0 Å². The molecule has 1 amide bonds. The number of hydrogen-bond acceptors (Lipinski definition) is 8. The van der Waals surface area contributed by atoms with Crippen LogP contribution in [0.1, 0.15) is 44.4 Å². The van der Waals surface area contributed by atoms with Crippen LogP contribution in [0.5, 0.6) is 0 Å². The van der Waals surface area contributed by atoms with E-state index in [1.807, 2.05) is 31.7 Å². The predicted molar refractivity (Wildman–Crippen MR) is 148 cm³/mol. The van der Waals surface area contributed by atoms with Gasteiger partial charge in [-0.2, -0.15) is 4.98 Å². The van der Waals surface area contributed by atoms with Crippen molar-refractivity contribution in [3.63, 3.8) is 0 Å². The van der Waals surface area contributed by atoms with Crippen molar-refractivity contribution in [2.45, 2.75) is 52.1 Å². The first kappa shape index (κ1) is 25.8. The Hall–Kier alpha value is -4.48. The second-order valence-corrected chi connectivity index (χ2v) is 10.6. The second-order valence-electron chi connectivity index (χ2n) is 10.6. The van der Waals surface area contributed by atoms with Crippen molar-refractivity contribution in [1.29, 1.82) is 0 Å². The fourth-order valence-electron chi connectivity index (χ4n) is 5.65. The van der Waals surface area contributed by atoms with Gasteiger partial charge in [-0.05, 0) is 49.5 Å². The third kappa shape index (κ3) is 4.23. The second kappa shape index (κ2) is 9.92. The summed E-state index contributed by atoms with van der Waals surface area (Å²) >= 11 is 0. The van der Waals surface area contributed by atoms with Crippen molar-refractivity contribution in [2.75, 3.05) is 24.5 Å². The topological polar surface area (TPSA) is 115 Å². The minimum absolute atomic E-state index is 0.00698. The average molecular weight is 544 g/mol. The molecular weight excluding hydrogens is 513 g/mol. The number of piperazine rings is 1. The Labute approximate surface area is 230 Å². The molecule has 0 spiro atoms. The van der Waals surface area contributed by atoms with Crippen molar-refractivity contribution in [3.05, 3.63) is 64.7 Å². The zero-order chi connectivity index (χ0) is 28.1. The highest BCUT2D eigenvalue weighted by molar-refractivity contribution is 5.91. The Morgan fingerprint density at radius 3 is 2.80 bits per heavy atom. The molecule has 6 rings (SSSR count). The van der Waals surface area contributed by atoms with Crippen LogP contribution in [0.15, 0.2) is 42.0 Å². The van der Waals surface area contributed by atoms with Crippen LogP contribution in [-0.2, 0) is 17.8 Å². The molecule has 0 aliphatic carbocycles. The van der Waals surface area contributed by atoms with E-state index in [2.05, 4.69) is 26.9 Å². The van der Waals surface area contributed by atoms with Gasteiger partial charge in [-0.3, -0.25) is 14.5 Å². The van der Waals surface area contributed by atoms with Gasteiger partial charge in [0.25, 0.3) is 0 Å². The van der Waals surface area contributed by atoms with Gasteiger partial charge >= 0.3 is 5.69 Å². The maximum Gasteiger partial charge on any atom is 0.355 e. The van der Waals surface area contributed by atoms with Gasteiger partial charge in [0.2, 0.25) is 5.91 Å². The molecule has 40 heavy (non-hydrogen) atoms. The number of aromatic nitrogens is 7. The van der Waals surface area contributed by atoms with E-state index >= 15 is 4.39 Å². The summed E-state index contributed by atoms with van der Waals surface area (Å²) in [5.74, 6) is -0.405. The van der Waals surface area contributed by atoms with E-state index < -0.39 is 11.5 Å². The number of aryl methyl sites for hydroxylation is 2. The SMILES string of the molecule is C=CC(=O)N1CCN(c2nc(=O)n3c4nc(c(F)cc24)-c2cn(nn2)CCCc2ccnc(C(C)C)c2-3)[C@@H](C)C1. The third-order valence-corrected chi connectivity index (χ3v) is 7.61. The smallest absolute Gasteiger partial charge is 0.350 e. The van der Waals surface area contributed by atoms with Gasteiger partial charge in [-0.15, -0.1) is 5.10 Å². The van der Waals surface area contributed by atoms with E-state index in [-0.39, 0.29) is 34.9 Å². The molecule has 1 atom stereocenters. The molecule has 2 aliphatic rings. The van der Waals surface area contributed by atoms with Crippen molar-refractivity contribution in [1.82, 2.24) is 39.4 Å². The van der Waals surface area contributed by atoms with Crippen LogP contribution in [0.3, 0.4) is 0 Å².